The van der Waals surface area contributed by atoms with Crippen LogP contribution in [0.5, 0.6) is 0 Å². The fourth-order valence-electron chi connectivity index (χ4n) is 2.43. The van der Waals surface area contributed by atoms with Gasteiger partial charge in [0, 0.05) is 23.9 Å². The highest BCUT2D eigenvalue weighted by Crippen LogP contribution is 2.37. The van der Waals surface area contributed by atoms with Crippen molar-refractivity contribution in [3.63, 3.8) is 0 Å². The minimum Gasteiger partial charge on any atom is -0.381 e. The van der Waals surface area contributed by atoms with E-state index in [4.69, 9.17) is 9.47 Å². The molecule has 0 aromatic carbocycles. The second-order valence-electron chi connectivity index (χ2n) is 5.07. The van der Waals surface area contributed by atoms with Crippen LogP contribution in [0.3, 0.4) is 0 Å². The van der Waals surface area contributed by atoms with Crippen LogP contribution in [0.15, 0.2) is 0 Å². The van der Waals surface area contributed by atoms with Crippen LogP contribution in [0.4, 0.5) is 8.78 Å². The topological polar surface area (TPSA) is 55.8 Å². The number of hydrogen-bond acceptors (Lipinski definition) is 4. The number of nitrogens with zero attached hydrogens (tertiary/aromatic N) is 1. The molecule has 2 unspecified atom stereocenters. The van der Waals surface area contributed by atoms with E-state index in [0.717, 1.165) is 4.31 Å². The Bertz CT molecular complexity index is 428. The summed E-state index contributed by atoms with van der Waals surface area (Å²) in [6.07, 6.45) is -0.666. The molecule has 0 aromatic rings. The van der Waals surface area contributed by atoms with Crippen molar-refractivity contribution in [2.24, 2.45) is 11.8 Å². The van der Waals surface area contributed by atoms with Crippen molar-refractivity contribution in [2.45, 2.75) is 11.7 Å². The summed E-state index contributed by atoms with van der Waals surface area (Å²) in [6.45, 7) is 0.962. The van der Waals surface area contributed by atoms with Gasteiger partial charge in [0.05, 0.1) is 26.4 Å². The number of rotatable bonds is 5. The van der Waals surface area contributed by atoms with E-state index >= 15 is 0 Å². The molecule has 0 radical (unpaired) electrons. The van der Waals surface area contributed by atoms with E-state index in [2.05, 4.69) is 22.6 Å². The van der Waals surface area contributed by atoms with Gasteiger partial charge in [0.1, 0.15) is 0 Å². The van der Waals surface area contributed by atoms with Gasteiger partial charge < -0.3 is 9.47 Å². The Kier molecular flexibility index (Phi) is 5.60. The number of hydrogen-bond donors (Lipinski definition) is 0. The number of ether oxygens (including phenoxy) is 2. The Morgan fingerprint density at radius 1 is 1.15 bits per heavy atom. The average Bonchev–Trinajstić information content (AvgIpc) is 2.86. The van der Waals surface area contributed by atoms with Crippen molar-refractivity contribution in [2.75, 3.05) is 43.9 Å². The van der Waals surface area contributed by atoms with Gasteiger partial charge in [0.25, 0.3) is 10.0 Å². The maximum absolute atomic E-state index is 14.2. The fraction of sp³-hybridized carbons (Fsp3) is 1.00. The standard InChI is InChI=1S/C11H18F2INO4S/c12-11(13,5-9-7-19-8-10(9)6-14)20(16,17)15-1-3-18-4-2-15/h9-10H,1-8H2. The molecule has 118 valence electrons. The van der Waals surface area contributed by atoms with Gasteiger partial charge in [-0.1, -0.05) is 22.6 Å². The third kappa shape index (κ3) is 3.42. The molecule has 2 aliphatic rings. The van der Waals surface area contributed by atoms with Crippen LogP contribution in [-0.2, 0) is 19.5 Å². The Labute approximate surface area is 131 Å². The lowest BCUT2D eigenvalue weighted by Gasteiger charge is -2.31. The molecule has 2 atom stereocenters. The first-order valence-electron chi connectivity index (χ1n) is 6.47. The Balaban J connectivity index is 2.07. The summed E-state index contributed by atoms with van der Waals surface area (Å²) in [5.74, 6) is -0.404. The highest BCUT2D eigenvalue weighted by molar-refractivity contribution is 14.1. The lowest BCUT2D eigenvalue weighted by molar-refractivity contribution is 0.0338. The molecule has 2 fully saturated rings. The van der Waals surface area contributed by atoms with Crippen molar-refractivity contribution in [1.82, 2.24) is 4.31 Å². The van der Waals surface area contributed by atoms with Crippen LogP contribution in [0.25, 0.3) is 0 Å². The molecule has 0 amide bonds. The number of halogens is 3. The summed E-state index contributed by atoms with van der Waals surface area (Å²) >= 11 is 2.12. The van der Waals surface area contributed by atoms with Gasteiger partial charge in [-0.05, 0) is 11.8 Å². The molecule has 0 bridgehead atoms. The molecule has 2 rings (SSSR count). The van der Waals surface area contributed by atoms with Crippen molar-refractivity contribution in [3.8, 4) is 0 Å². The van der Waals surface area contributed by atoms with E-state index < -0.39 is 27.6 Å². The first-order valence-corrected chi connectivity index (χ1v) is 9.44. The lowest BCUT2D eigenvalue weighted by atomic mass is 9.95. The summed E-state index contributed by atoms with van der Waals surface area (Å²) in [6, 6.07) is 0. The maximum atomic E-state index is 14.2. The van der Waals surface area contributed by atoms with Crippen LogP contribution in [0, 0.1) is 11.8 Å². The van der Waals surface area contributed by atoms with Crippen molar-refractivity contribution >= 4 is 32.6 Å². The van der Waals surface area contributed by atoms with E-state index in [-0.39, 0.29) is 38.8 Å². The molecule has 2 saturated heterocycles. The van der Waals surface area contributed by atoms with E-state index in [1.165, 1.54) is 0 Å². The van der Waals surface area contributed by atoms with Gasteiger partial charge in [-0.2, -0.15) is 13.1 Å². The molecule has 0 N–H and O–H groups in total. The molecule has 0 spiro atoms. The maximum Gasteiger partial charge on any atom is 0.359 e. The summed E-state index contributed by atoms with van der Waals surface area (Å²) in [4.78, 5) is 0. The Hall–Kier alpha value is 0.420. The SMILES string of the molecule is O=S(=O)(N1CCOCC1)C(F)(F)CC1COCC1CI. The van der Waals surface area contributed by atoms with Crippen LogP contribution < -0.4 is 0 Å². The normalized spacial score (nSPS) is 29.8. The van der Waals surface area contributed by atoms with Gasteiger partial charge in [-0.15, -0.1) is 0 Å². The monoisotopic (exact) mass is 425 g/mol. The zero-order valence-electron chi connectivity index (χ0n) is 10.9. The van der Waals surface area contributed by atoms with Crippen molar-refractivity contribution < 1.29 is 26.7 Å². The largest absolute Gasteiger partial charge is 0.381 e. The lowest BCUT2D eigenvalue weighted by Crippen LogP contribution is -2.49. The van der Waals surface area contributed by atoms with Crippen molar-refractivity contribution in [1.29, 1.82) is 0 Å². The van der Waals surface area contributed by atoms with Crippen LogP contribution in [0.1, 0.15) is 6.42 Å². The van der Waals surface area contributed by atoms with Gasteiger partial charge in [0.2, 0.25) is 0 Å². The smallest absolute Gasteiger partial charge is 0.359 e. The predicted molar refractivity (Wildman–Crippen MR) is 77.6 cm³/mol. The van der Waals surface area contributed by atoms with E-state index in [1.54, 1.807) is 0 Å². The molecular formula is C11H18F2INO4S. The van der Waals surface area contributed by atoms with Gasteiger partial charge in [-0.25, -0.2) is 8.42 Å². The molecule has 20 heavy (non-hydrogen) atoms. The molecule has 0 aromatic heterocycles. The predicted octanol–water partition coefficient (Wildman–Crippen LogP) is 1.33. The molecular weight excluding hydrogens is 407 g/mol. The number of alkyl halides is 3. The molecule has 0 aliphatic carbocycles. The molecule has 0 saturated carbocycles. The highest BCUT2D eigenvalue weighted by atomic mass is 127. The molecule has 2 heterocycles. The molecule has 9 heteroatoms. The van der Waals surface area contributed by atoms with E-state index in [0.29, 0.717) is 11.0 Å². The van der Waals surface area contributed by atoms with Gasteiger partial charge in [0.15, 0.2) is 0 Å². The Morgan fingerprint density at radius 3 is 2.35 bits per heavy atom. The molecule has 5 nitrogen and oxygen atoms in total. The number of sulfonamides is 1. The van der Waals surface area contributed by atoms with Crippen LogP contribution in [-0.4, -0.2) is 61.9 Å². The van der Waals surface area contributed by atoms with E-state index in [9.17, 15) is 17.2 Å². The minimum atomic E-state index is -4.62. The summed E-state index contributed by atoms with van der Waals surface area (Å²) in [7, 11) is -4.62. The Morgan fingerprint density at radius 2 is 1.75 bits per heavy atom. The highest BCUT2D eigenvalue weighted by Gasteiger charge is 2.51. The third-order valence-corrected chi connectivity index (χ3v) is 6.81. The third-order valence-electron chi connectivity index (χ3n) is 3.72. The zero-order chi connectivity index (χ0) is 14.8. The average molecular weight is 425 g/mol. The first kappa shape index (κ1) is 16.8. The minimum absolute atomic E-state index is 0.00126. The molecule has 2 aliphatic heterocycles. The number of morpholine rings is 1. The van der Waals surface area contributed by atoms with Gasteiger partial charge >= 0.3 is 5.25 Å². The quantitative estimate of drug-likeness (QED) is 0.493. The van der Waals surface area contributed by atoms with Crippen LogP contribution >= 0.6 is 22.6 Å². The van der Waals surface area contributed by atoms with E-state index in [1.807, 2.05) is 0 Å². The summed E-state index contributed by atoms with van der Waals surface area (Å²) in [5, 5.41) is -3.74. The summed E-state index contributed by atoms with van der Waals surface area (Å²) in [5.41, 5.74) is 0. The van der Waals surface area contributed by atoms with Crippen molar-refractivity contribution in [3.05, 3.63) is 0 Å². The summed E-state index contributed by atoms with van der Waals surface area (Å²) < 4.78 is 64.3. The van der Waals surface area contributed by atoms with Crippen LogP contribution in [0.2, 0.25) is 0 Å². The first-order chi connectivity index (χ1) is 9.38. The second-order valence-corrected chi connectivity index (χ2v) is 8.01. The zero-order valence-corrected chi connectivity index (χ0v) is 13.9. The second kappa shape index (κ2) is 6.67. The fourth-order valence-corrected chi connectivity index (χ4v) is 4.83. The van der Waals surface area contributed by atoms with Gasteiger partial charge in [-0.3, -0.25) is 0 Å².